The minimum Gasteiger partial charge on any atom is -0.352 e. The van der Waals surface area contributed by atoms with E-state index in [2.05, 4.69) is 10.6 Å². The third-order valence-electron chi connectivity index (χ3n) is 3.00. The molecule has 0 saturated heterocycles. The molecule has 0 aliphatic carbocycles. The van der Waals surface area contributed by atoms with Crippen molar-refractivity contribution in [2.24, 2.45) is 5.92 Å². The molecule has 1 unspecified atom stereocenters. The number of nitrogens with one attached hydrogen (secondary N) is 2. The quantitative estimate of drug-likeness (QED) is 0.832. The Kier molecular flexibility index (Phi) is 5.89. The summed E-state index contributed by atoms with van der Waals surface area (Å²) in [5, 5.41) is 5.62. The Morgan fingerprint density at radius 1 is 1.26 bits per heavy atom. The van der Waals surface area contributed by atoms with Gasteiger partial charge in [0.2, 0.25) is 5.91 Å². The number of carbonyl (C=O) groups is 1. The van der Waals surface area contributed by atoms with E-state index in [4.69, 9.17) is 0 Å². The zero-order valence-corrected chi connectivity index (χ0v) is 11.5. The Hall–Kier alpha value is -1.49. The Morgan fingerprint density at radius 3 is 2.58 bits per heavy atom. The van der Waals surface area contributed by atoms with Crippen LogP contribution in [0.3, 0.4) is 0 Å². The van der Waals surface area contributed by atoms with E-state index in [1.54, 1.807) is 0 Å². The first-order valence-electron chi connectivity index (χ1n) is 6.34. The summed E-state index contributed by atoms with van der Waals surface area (Å²) in [4.78, 5) is 11.6. The van der Waals surface area contributed by atoms with Crippen LogP contribution in [-0.2, 0) is 11.3 Å². The average molecular weight is 270 g/mol. The van der Waals surface area contributed by atoms with Crippen LogP contribution in [0.5, 0.6) is 0 Å². The second kappa shape index (κ2) is 7.19. The van der Waals surface area contributed by atoms with Crippen molar-refractivity contribution in [3.05, 3.63) is 35.4 Å². The monoisotopic (exact) mass is 270 g/mol. The molecule has 0 saturated carbocycles. The van der Waals surface area contributed by atoms with Crippen molar-refractivity contribution in [2.45, 2.75) is 33.4 Å². The highest BCUT2D eigenvalue weighted by Crippen LogP contribution is 2.08. The number of benzene rings is 1. The number of hydrogen-bond donors (Lipinski definition) is 2. The number of carbonyl (C=O) groups excluding carboxylic acids is 1. The van der Waals surface area contributed by atoms with Crippen LogP contribution in [0.15, 0.2) is 18.2 Å². The summed E-state index contributed by atoms with van der Waals surface area (Å²) in [6.45, 7) is 6.15. The summed E-state index contributed by atoms with van der Waals surface area (Å²) in [5.74, 6) is -0.774. The molecule has 0 fully saturated rings. The van der Waals surface area contributed by atoms with E-state index in [0.29, 0.717) is 5.92 Å². The van der Waals surface area contributed by atoms with Gasteiger partial charge in [0, 0.05) is 18.2 Å². The lowest BCUT2D eigenvalue weighted by atomic mass is 10.1. The molecule has 1 aromatic carbocycles. The normalized spacial score (nSPS) is 12.5. The predicted octanol–water partition coefficient (Wildman–Crippen LogP) is 2.22. The maximum Gasteiger partial charge on any atom is 0.234 e. The highest BCUT2D eigenvalue weighted by Gasteiger charge is 2.10. The molecule has 2 N–H and O–H groups in total. The molecule has 0 heterocycles. The van der Waals surface area contributed by atoms with Gasteiger partial charge in [0.25, 0.3) is 0 Å². The Bertz CT molecular complexity index is 435. The van der Waals surface area contributed by atoms with Gasteiger partial charge in [-0.15, -0.1) is 0 Å². The standard InChI is InChI=1S/C14H20F2N2O/c1-9(2)10(3)18-14(19)8-17-7-11-6-12(15)4-5-13(11)16/h4-6,9-10,17H,7-8H2,1-3H3,(H,18,19). The van der Waals surface area contributed by atoms with Crippen molar-refractivity contribution in [1.29, 1.82) is 0 Å². The maximum atomic E-state index is 13.3. The maximum absolute atomic E-state index is 13.3. The van der Waals surface area contributed by atoms with Gasteiger partial charge in [-0.1, -0.05) is 13.8 Å². The van der Waals surface area contributed by atoms with Crippen molar-refractivity contribution >= 4 is 5.91 Å². The molecule has 0 bridgehead atoms. The van der Waals surface area contributed by atoms with E-state index in [1.807, 2.05) is 20.8 Å². The van der Waals surface area contributed by atoms with Crippen molar-refractivity contribution in [3.63, 3.8) is 0 Å². The molecule has 1 aromatic rings. The smallest absolute Gasteiger partial charge is 0.234 e. The van der Waals surface area contributed by atoms with Gasteiger partial charge in [-0.2, -0.15) is 0 Å². The Morgan fingerprint density at radius 2 is 1.95 bits per heavy atom. The van der Waals surface area contributed by atoms with Crippen molar-refractivity contribution < 1.29 is 13.6 Å². The second-order valence-corrected chi connectivity index (χ2v) is 4.94. The van der Waals surface area contributed by atoms with Crippen molar-refractivity contribution in [3.8, 4) is 0 Å². The summed E-state index contributed by atoms with van der Waals surface area (Å²) in [5.41, 5.74) is 0.213. The van der Waals surface area contributed by atoms with Crippen molar-refractivity contribution in [1.82, 2.24) is 10.6 Å². The number of rotatable bonds is 6. The largest absolute Gasteiger partial charge is 0.352 e. The van der Waals surface area contributed by atoms with Crippen LogP contribution in [0, 0.1) is 17.6 Å². The van der Waals surface area contributed by atoms with E-state index < -0.39 is 11.6 Å². The van der Waals surface area contributed by atoms with Gasteiger partial charge in [-0.3, -0.25) is 4.79 Å². The lowest BCUT2D eigenvalue weighted by Crippen LogP contribution is -2.41. The van der Waals surface area contributed by atoms with Gasteiger partial charge in [-0.25, -0.2) is 8.78 Å². The lowest BCUT2D eigenvalue weighted by molar-refractivity contribution is -0.121. The van der Waals surface area contributed by atoms with Gasteiger partial charge >= 0.3 is 0 Å². The first-order chi connectivity index (χ1) is 8.90. The number of halogens is 2. The van der Waals surface area contributed by atoms with Gasteiger partial charge in [0.15, 0.2) is 0 Å². The fourth-order valence-electron chi connectivity index (χ4n) is 1.46. The van der Waals surface area contributed by atoms with Crippen LogP contribution >= 0.6 is 0 Å². The summed E-state index contributed by atoms with van der Waals surface area (Å²) in [6.07, 6.45) is 0. The van der Waals surface area contributed by atoms with Gasteiger partial charge in [0.1, 0.15) is 11.6 Å². The highest BCUT2D eigenvalue weighted by atomic mass is 19.1. The predicted molar refractivity (Wildman–Crippen MR) is 70.5 cm³/mol. The minimum atomic E-state index is -0.490. The molecular formula is C14H20F2N2O. The van der Waals surface area contributed by atoms with E-state index in [-0.39, 0.29) is 30.6 Å². The first-order valence-corrected chi connectivity index (χ1v) is 6.34. The molecule has 1 rings (SSSR count). The zero-order chi connectivity index (χ0) is 14.4. The fraction of sp³-hybridized carbons (Fsp3) is 0.500. The summed E-state index contributed by atoms with van der Waals surface area (Å²) in [7, 11) is 0. The summed E-state index contributed by atoms with van der Waals surface area (Å²) < 4.78 is 26.2. The molecule has 3 nitrogen and oxygen atoms in total. The average Bonchev–Trinajstić information content (AvgIpc) is 2.33. The van der Waals surface area contributed by atoms with Crippen LogP contribution in [0.25, 0.3) is 0 Å². The van der Waals surface area contributed by atoms with E-state index in [0.717, 1.165) is 18.2 Å². The SMILES string of the molecule is CC(C)C(C)NC(=O)CNCc1cc(F)ccc1F. The third kappa shape index (κ3) is 5.34. The topological polar surface area (TPSA) is 41.1 Å². The van der Waals surface area contributed by atoms with Crippen molar-refractivity contribution in [2.75, 3.05) is 6.54 Å². The molecule has 0 spiro atoms. The highest BCUT2D eigenvalue weighted by molar-refractivity contribution is 5.78. The van der Waals surface area contributed by atoms with Crippen LogP contribution in [0.2, 0.25) is 0 Å². The first kappa shape index (κ1) is 15.6. The third-order valence-corrected chi connectivity index (χ3v) is 3.00. The number of hydrogen-bond acceptors (Lipinski definition) is 2. The molecule has 0 aliphatic heterocycles. The molecule has 19 heavy (non-hydrogen) atoms. The van der Waals surface area contributed by atoms with Crippen LogP contribution in [-0.4, -0.2) is 18.5 Å². The fourth-order valence-corrected chi connectivity index (χ4v) is 1.46. The van der Waals surface area contributed by atoms with E-state index in [9.17, 15) is 13.6 Å². The summed E-state index contributed by atoms with van der Waals surface area (Å²) >= 11 is 0. The summed E-state index contributed by atoms with van der Waals surface area (Å²) in [6, 6.07) is 3.35. The van der Waals surface area contributed by atoms with E-state index in [1.165, 1.54) is 0 Å². The van der Waals surface area contributed by atoms with E-state index >= 15 is 0 Å². The number of amides is 1. The molecular weight excluding hydrogens is 250 g/mol. The van der Waals surface area contributed by atoms with Crippen LogP contribution in [0.1, 0.15) is 26.3 Å². The molecule has 1 atom stereocenters. The van der Waals surface area contributed by atoms with Gasteiger partial charge in [0.05, 0.1) is 6.54 Å². The molecule has 106 valence electrons. The molecule has 0 aromatic heterocycles. The minimum absolute atomic E-state index is 0.0764. The Labute approximate surface area is 112 Å². The van der Waals surface area contributed by atoms with Crippen LogP contribution < -0.4 is 10.6 Å². The second-order valence-electron chi connectivity index (χ2n) is 4.94. The Balaban J connectivity index is 2.38. The molecule has 5 heteroatoms. The molecule has 1 amide bonds. The zero-order valence-electron chi connectivity index (χ0n) is 11.5. The molecule has 0 radical (unpaired) electrons. The van der Waals surface area contributed by atoms with Gasteiger partial charge in [-0.05, 0) is 31.0 Å². The van der Waals surface area contributed by atoms with Gasteiger partial charge < -0.3 is 10.6 Å². The molecule has 0 aliphatic rings. The lowest BCUT2D eigenvalue weighted by Gasteiger charge is -2.17. The van der Waals surface area contributed by atoms with Crippen LogP contribution in [0.4, 0.5) is 8.78 Å².